The van der Waals surface area contributed by atoms with E-state index in [0.29, 0.717) is 6.04 Å². The lowest BCUT2D eigenvalue weighted by Gasteiger charge is -2.26. The van der Waals surface area contributed by atoms with Gasteiger partial charge in [0.25, 0.3) is 0 Å². The molecule has 3 heteroatoms. The van der Waals surface area contributed by atoms with Gasteiger partial charge in [-0.15, -0.1) is 0 Å². The Morgan fingerprint density at radius 1 is 1.25 bits per heavy atom. The van der Waals surface area contributed by atoms with Crippen molar-refractivity contribution < 1.29 is 0 Å². The molecule has 0 aromatic carbocycles. The van der Waals surface area contributed by atoms with Crippen LogP contribution in [0.4, 0.5) is 0 Å². The van der Waals surface area contributed by atoms with Gasteiger partial charge in [0.1, 0.15) is 0 Å². The van der Waals surface area contributed by atoms with Crippen molar-refractivity contribution in [3.05, 3.63) is 0 Å². The van der Waals surface area contributed by atoms with E-state index in [1.54, 1.807) is 0 Å². The highest BCUT2D eigenvalue weighted by molar-refractivity contribution is 5.80. The summed E-state index contributed by atoms with van der Waals surface area (Å²) < 4.78 is 0. The van der Waals surface area contributed by atoms with Crippen LogP contribution in [0.5, 0.6) is 0 Å². The maximum absolute atomic E-state index is 5.94. The lowest BCUT2D eigenvalue weighted by Crippen LogP contribution is -2.42. The number of nitrogens with zero attached hydrogens (tertiary/aromatic N) is 2. The summed E-state index contributed by atoms with van der Waals surface area (Å²) in [5.41, 5.74) is 5.94. The molecule has 0 saturated heterocycles. The van der Waals surface area contributed by atoms with Gasteiger partial charge in [-0.3, -0.25) is 4.99 Å². The highest BCUT2D eigenvalue weighted by Gasteiger charge is 2.37. The van der Waals surface area contributed by atoms with Crippen LogP contribution in [-0.2, 0) is 0 Å². The number of hydrogen-bond donors (Lipinski definition) is 1. The van der Waals surface area contributed by atoms with E-state index < -0.39 is 0 Å². The molecule has 3 nitrogen and oxygen atoms in total. The minimum absolute atomic E-state index is 0.620. The van der Waals surface area contributed by atoms with Crippen molar-refractivity contribution in [3.63, 3.8) is 0 Å². The largest absolute Gasteiger partial charge is 0.370 e. The summed E-state index contributed by atoms with van der Waals surface area (Å²) in [6, 6.07) is 1.35. The Bertz CT molecular complexity index is 246. The van der Waals surface area contributed by atoms with Crippen LogP contribution in [-0.4, -0.2) is 29.5 Å². The van der Waals surface area contributed by atoms with Gasteiger partial charge in [0, 0.05) is 6.04 Å². The van der Waals surface area contributed by atoms with E-state index in [9.17, 15) is 0 Å². The van der Waals surface area contributed by atoms with Crippen molar-refractivity contribution in [2.75, 3.05) is 6.54 Å². The van der Waals surface area contributed by atoms with Crippen LogP contribution in [0, 0.1) is 0 Å². The third-order valence-corrected chi connectivity index (χ3v) is 3.70. The van der Waals surface area contributed by atoms with E-state index in [1.165, 1.54) is 51.4 Å². The summed E-state index contributed by atoms with van der Waals surface area (Å²) >= 11 is 0. The number of aliphatic imine (C=N–C) groups is 1. The van der Waals surface area contributed by atoms with Crippen molar-refractivity contribution in [1.29, 1.82) is 0 Å². The molecule has 1 fully saturated rings. The van der Waals surface area contributed by atoms with Crippen LogP contribution in [0.25, 0.3) is 0 Å². The van der Waals surface area contributed by atoms with Gasteiger partial charge in [-0.05, 0) is 19.3 Å². The van der Waals surface area contributed by atoms with E-state index in [1.807, 2.05) is 0 Å². The molecule has 2 N–H and O–H groups in total. The molecule has 1 aliphatic carbocycles. The van der Waals surface area contributed by atoms with Gasteiger partial charge in [0.05, 0.1) is 12.6 Å². The molecule has 0 aromatic heterocycles. The first-order chi connectivity index (χ1) is 7.83. The SMILES string of the molecule is CCCCCCCC1CN=C(N)N1C1CC1. The van der Waals surface area contributed by atoms with Gasteiger partial charge in [-0.2, -0.15) is 0 Å². The normalized spacial score (nSPS) is 24.9. The van der Waals surface area contributed by atoms with Gasteiger partial charge < -0.3 is 10.6 Å². The Morgan fingerprint density at radius 2 is 2.00 bits per heavy atom. The molecule has 1 unspecified atom stereocenters. The third-order valence-electron chi connectivity index (χ3n) is 3.70. The summed E-state index contributed by atoms with van der Waals surface area (Å²) in [4.78, 5) is 6.78. The van der Waals surface area contributed by atoms with Gasteiger partial charge in [0.2, 0.25) is 0 Å². The lowest BCUT2D eigenvalue weighted by molar-refractivity contribution is 0.307. The molecule has 1 heterocycles. The standard InChI is InChI=1S/C13H25N3/c1-2-3-4-5-6-7-12-10-15-13(14)16(12)11-8-9-11/h11-12H,2-10H2,1H3,(H2,14,15). The average molecular weight is 223 g/mol. The fourth-order valence-corrected chi connectivity index (χ4v) is 2.61. The topological polar surface area (TPSA) is 41.6 Å². The molecule has 0 amide bonds. The number of unbranched alkanes of at least 4 members (excludes halogenated alkanes) is 4. The molecular formula is C13H25N3. The zero-order chi connectivity index (χ0) is 11.4. The van der Waals surface area contributed by atoms with Crippen molar-refractivity contribution in [3.8, 4) is 0 Å². The quantitative estimate of drug-likeness (QED) is 0.674. The molecule has 2 rings (SSSR count). The first-order valence-corrected chi connectivity index (χ1v) is 6.91. The molecule has 92 valence electrons. The first kappa shape index (κ1) is 11.7. The Labute approximate surface area is 99.1 Å². The van der Waals surface area contributed by atoms with E-state index in [2.05, 4.69) is 16.8 Å². The number of guanidine groups is 1. The monoisotopic (exact) mass is 223 g/mol. The summed E-state index contributed by atoms with van der Waals surface area (Å²) in [6.45, 7) is 3.20. The van der Waals surface area contributed by atoms with Crippen molar-refractivity contribution in [1.82, 2.24) is 4.90 Å². The highest BCUT2D eigenvalue weighted by Crippen LogP contribution is 2.32. The number of hydrogen-bond acceptors (Lipinski definition) is 3. The fourth-order valence-electron chi connectivity index (χ4n) is 2.61. The first-order valence-electron chi connectivity index (χ1n) is 6.91. The Hall–Kier alpha value is -0.730. The smallest absolute Gasteiger partial charge is 0.191 e. The maximum atomic E-state index is 5.94. The van der Waals surface area contributed by atoms with Gasteiger partial charge in [-0.25, -0.2) is 0 Å². The van der Waals surface area contributed by atoms with Crippen LogP contribution in [0.15, 0.2) is 4.99 Å². The number of rotatable bonds is 7. The molecule has 2 aliphatic rings. The third kappa shape index (κ3) is 2.89. The van der Waals surface area contributed by atoms with Crippen molar-refractivity contribution >= 4 is 5.96 Å². The highest BCUT2D eigenvalue weighted by atomic mass is 15.4. The molecule has 0 bridgehead atoms. The summed E-state index contributed by atoms with van der Waals surface area (Å²) in [5, 5.41) is 0. The van der Waals surface area contributed by atoms with E-state index in [4.69, 9.17) is 5.73 Å². The van der Waals surface area contributed by atoms with Gasteiger partial charge >= 0.3 is 0 Å². The maximum Gasteiger partial charge on any atom is 0.191 e. The van der Waals surface area contributed by atoms with Crippen LogP contribution in [0.1, 0.15) is 58.3 Å². The molecular weight excluding hydrogens is 198 g/mol. The van der Waals surface area contributed by atoms with Gasteiger partial charge in [0.15, 0.2) is 5.96 Å². The molecule has 0 spiro atoms. The second-order valence-electron chi connectivity index (χ2n) is 5.19. The van der Waals surface area contributed by atoms with Crippen molar-refractivity contribution in [2.24, 2.45) is 10.7 Å². The predicted octanol–water partition coefficient (Wildman–Crippen LogP) is 2.51. The average Bonchev–Trinajstić information content (AvgIpc) is 3.04. The molecule has 16 heavy (non-hydrogen) atoms. The second kappa shape index (κ2) is 5.55. The minimum Gasteiger partial charge on any atom is -0.370 e. The summed E-state index contributed by atoms with van der Waals surface area (Å²) in [6.07, 6.45) is 10.8. The van der Waals surface area contributed by atoms with Crippen molar-refractivity contribution in [2.45, 2.75) is 70.4 Å². The minimum atomic E-state index is 0.620. The Balaban J connectivity index is 1.65. The predicted molar refractivity (Wildman–Crippen MR) is 68.5 cm³/mol. The zero-order valence-electron chi connectivity index (χ0n) is 10.5. The van der Waals surface area contributed by atoms with Crippen LogP contribution >= 0.6 is 0 Å². The van der Waals surface area contributed by atoms with Crippen LogP contribution < -0.4 is 5.73 Å². The Kier molecular flexibility index (Phi) is 4.08. The van der Waals surface area contributed by atoms with Crippen LogP contribution in [0.3, 0.4) is 0 Å². The molecule has 1 aliphatic heterocycles. The van der Waals surface area contributed by atoms with E-state index in [0.717, 1.165) is 18.5 Å². The zero-order valence-corrected chi connectivity index (χ0v) is 10.5. The van der Waals surface area contributed by atoms with Gasteiger partial charge in [-0.1, -0.05) is 39.0 Å². The van der Waals surface area contributed by atoms with Crippen LogP contribution in [0.2, 0.25) is 0 Å². The second-order valence-corrected chi connectivity index (χ2v) is 5.19. The summed E-state index contributed by atoms with van der Waals surface area (Å²) in [5.74, 6) is 0.807. The molecule has 1 atom stereocenters. The molecule has 0 radical (unpaired) electrons. The fraction of sp³-hybridized carbons (Fsp3) is 0.923. The summed E-state index contributed by atoms with van der Waals surface area (Å²) in [7, 11) is 0. The van der Waals surface area contributed by atoms with E-state index in [-0.39, 0.29) is 0 Å². The molecule has 0 aromatic rings. The lowest BCUT2D eigenvalue weighted by atomic mass is 10.1. The Morgan fingerprint density at radius 3 is 2.69 bits per heavy atom. The van der Waals surface area contributed by atoms with E-state index >= 15 is 0 Å². The number of nitrogens with two attached hydrogens (primary N) is 1. The molecule has 1 saturated carbocycles.